The fraction of sp³-hybridized carbons (Fsp3) is 0.296. The Labute approximate surface area is 396 Å². The normalized spacial score (nSPS) is 11.3. The van der Waals surface area contributed by atoms with Crippen LogP contribution in [-0.4, -0.2) is 5.43 Å². The summed E-state index contributed by atoms with van der Waals surface area (Å²) in [4.78, 5) is 5.43. The summed E-state index contributed by atoms with van der Waals surface area (Å²) >= 11 is 5.48. The van der Waals surface area contributed by atoms with E-state index >= 15 is 0 Å². The molecule has 0 aliphatic carbocycles. The Kier molecular flexibility index (Phi) is 16.7. The van der Waals surface area contributed by atoms with E-state index in [1.54, 1.807) is 23.3 Å². The van der Waals surface area contributed by atoms with Crippen molar-refractivity contribution in [3.8, 4) is 43.1 Å². The zero-order valence-corrected chi connectivity index (χ0v) is 44.7. The quantitative estimate of drug-likeness (QED) is 0.122. The van der Waals surface area contributed by atoms with E-state index in [0.29, 0.717) is 0 Å². The molecule has 0 amide bonds. The number of rotatable bonds is 4. The number of hydrogen-bond donors (Lipinski definition) is 0. The summed E-state index contributed by atoms with van der Waals surface area (Å²) in [5, 5.41) is 5.41. The SMILES string of the molecule is C[Si](C)=[Zr+2].Cc1ccc(-c2cc3c(-c4ccc(C(C)(C)C)cc4)c(C)c(C)cc3[cH-]2)s1.Cc1ccc(-c2cc3c(-c4ccc(C(C)(C)C)cc4)c(C)c(C)cc3[cH-]2)s1.Cl.Cl. The van der Waals surface area contributed by atoms with Crippen LogP contribution in [0, 0.1) is 41.5 Å². The van der Waals surface area contributed by atoms with Gasteiger partial charge < -0.3 is 0 Å². The molecule has 0 N–H and O–H groups in total. The molecule has 0 spiro atoms. The van der Waals surface area contributed by atoms with Crippen molar-refractivity contribution < 1.29 is 23.3 Å². The van der Waals surface area contributed by atoms with Crippen molar-refractivity contribution in [2.45, 2.75) is 107 Å². The summed E-state index contributed by atoms with van der Waals surface area (Å²) in [5.74, 6) is 0. The molecule has 0 fully saturated rings. The minimum Gasteiger partial charge on any atom is -0.182 e. The maximum atomic E-state index is 2.38. The van der Waals surface area contributed by atoms with Crippen molar-refractivity contribution in [3.05, 3.63) is 152 Å². The van der Waals surface area contributed by atoms with E-state index in [4.69, 9.17) is 0 Å². The summed E-state index contributed by atoms with van der Waals surface area (Å²) in [6.45, 7) is 31.5. The molecule has 2 heterocycles. The standard InChI is InChI=1S/2C26H27S.C2H6Si.2ClH.Zr/c2*1-16-13-20-14-21(24-12-7-17(2)27-24)15-23(20)25(18(16)3)19-8-10-22(11-9-19)26(4,5)6;1-3-2;;;/h2*7-15H,1-6H3;1-2H3;2*1H;/q2*-1;;;;+2. The van der Waals surface area contributed by atoms with E-state index in [9.17, 15) is 0 Å². The van der Waals surface area contributed by atoms with Crippen LogP contribution in [0.3, 0.4) is 0 Å². The molecule has 0 radical (unpaired) electrons. The average molecular weight is 965 g/mol. The Bertz CT molecular complexity index is 2530. The van der Waals surface area contributed by atoms with Crippen LogP contribution in [0.25, 0.3) is 64.7 Å². The van der Waals surface area contributed by atoms with Gasteiger partial charge >= 0.3 is 41.9 Å². The van der Waals surface area contributed by atoms with Gasteiger partial charge in [0.1, 0.15) is 0 Å². The van der Waals surface area contributed by atoms with Crippen molar-refractivity contribution in [1.29, 1.82) is 0 Å². The van der Waals surface area contributed by atoms with Crippen LogP contribution in [0.5, 0.6) is 0 Å². The van der Waals surface area contributed by atoms with Crippen LogP contribution >= 0.6 is 47.5 Å². The van der Waals surface area contributed by atoms with Crippen LogP contribution in [0.4, 0.5) is 0 Å². The minimum absolute atomic E-state index is 0. The zero-order valence-electron chi connectivity index (χ0n) is 38.0. The Morgan fingerprint density at radius 1 is 0.483 bits per heavy atom. The number of thiophene rings is 2. The maximum Gasteiger partial charge on any atom is -0.00658 e. The topological polar surface area (TPSA) is 0 Å². The van der Waals surface area contributed by atoms with Gasteiger partial charge in [-0.3, -0.25) is 0 Å². The Morgan fingerprint density at radius 2 is 0.800 bits per heavy atom. The summed E-state index contributed by atoms with van der Waals surface area (Å²) < 4.78 is 0. The second kappa shape index (κ2) is 20.1. The Hall–Kier alpha value is -2.82. The molecule has 2 aromatic heterocycles. The first kappa shape index (κ1) is 49.8. The molecule has 8 rings (SSSR count). The summed E-state index contributed by atoms with van der Waals surface area (Å²) in [7, 11) is 0. The van der Waals surface area contributed by atoms with E-state index in [1.807, 2.05) is 22.7 Å². The maximum absolute atomic E-state index is 2.38. The molecule has 0 aliphatic rings. The van der Waals surface area contributed by atoms with Gasteiger partial charge in [-0.2, -0.15) is 22.7 Å². The zero-order chi connectivity index (χ0) is 42.3. The van der Waals surface area contributed by atoms with E-state index in [0.717, 1.165) is 0 Å². The number of aryl methyl sites for hydroxylation is 4. The van der Waals surface area contributed by atoms with Crippen molar-refractivity contribution >= 4 is 74.5 Å². The molecule has 312 valence electrons. The first-order valence-electron chi connectivity index (χ1n) is 20.5. The van der Waals surface area contributed by atoms with Gasteiger partial charge in [-0.25, -0.2) is 0 Å². The van der Waals surface area contributed by atoms with Gasteiger partial charge in [0.05, 0.1) is 0 Å². The van der Waals surface area contributed by atoms with Crippen LogP contribution in [-0.2, 0) is 34.2 Å². The molecule has 0 unspecified atom stereocenters. The fourth-order valence-electron chi connectivity index (χ4n) is 7.69. The molecule has 0 atom stereocenters. The molecule has 0 bridgehead atoms. The number of fused-ring (bicyclic) bond motifs is 2. The van der Waals surface area contributed by atoms with Gasteiger partial charge in [0.25, 0.3) is 0 Å². The average Bonchev–Trinajstić information content (AvgIpc) is 3.96. The number of hydrogen-bond acceptors (Lipinski definition) is 2. The number of benzene rings is 4. The van der Waals surface area contributed by atoms with Crippen molar-refractivity contribution in [1.82, 2.24) is 0 Å². The predicted octanol–water partition coefficient (Wildman–Crippen LogP) is 18.0. The third-order valence-electron chi connectivity index (χ3n) is 11.2. The van der Waals surface area contributed by atoms with E-state index in [2.05, 4.69) is 205 Å². The van der Waals surface area contributed by atoms with Gasteiger partial charge in [0.15, 0.2) is 0 Å². The van der Waals surface area contributed by atoms with Gasteiger partial charge in [-0.05, 0) is 105 Å². The molecular weight excluding hydrogens is 903 g/mol. The van der Waals surface area contributed by atoms with Gasteiger partial charge in [-0.1, -0.05) is 137 Å². The van der Waals surface area contributed by atoms with Crippen molar-refractivity contribution in [2.75, 3.05) is 0 Å². The van der Waals surface area contributed by atoms with Crippen molar-refractivity contribution in [3.63, 3.8) is 0 Å². The molecular formula is C54H62Cl2S2SiZr. The Balaban J connectivity index is 0.000000236. The van der Waals surface area contributed by atoms with E-state index in [-0.39, 0.29) is 41.1 Å². The number of halogens is 2. The van der Waals surface area contributed by atoms with Crippen LogP contribution < -0.4 is 0 Å². The van der Waals surface area contributed by atoms with E-state index in [1.165, 1.54) is 108 Å². The minimum atomic E-state index is 0. The summed E-state index contributed by atoms with van der Waals surface area (Å²) in [5.41, 5.74) is 16.9. The molecule has 0 aliphatic heterocycles. The third kappa shape index (κ3) is 11.4. The smallest absolute Gasteiger partial charge is 0.00658 e. The molecule has 0 saturated carbocycles. The second-order valence-electron chi connectivity index (χ2n) is 18.4. The molecule has 6 aromatic carbocycles. The van der Waals surface area contributed by atoms with E-state index < -0.39 is 0 Å². The van der Waals surface area contributed by atoms with Gasteiger partial charge in [0.2, 0.25) is 0 Å². The fourth-order valence-corrected chi connectivity index (χ4v) is 9.40. The largest absolute Gasteiger partial charge is 0.182 e. The van der Waals surface area contributed by atoms with Gasteiger partial charge in [-0.15, -0.1) is 93.9 Å². The molecule has 0 nitrogen and oxygen atoms in total. The van der Waals surface area contributed by atoms with Crippen LogP contribution in [0.2, 0.25) is 13.1 Å². The van der Waals surface area contributed by atoms with Crippen LogP contribution in [0.15, 0.2) is 109 Å². The molecule has 60 heavy (non-hydrogen) atoms. The monoisotopic (exact) mass is 962 g/mol. The third-order valence-corrected chi connectivity index (χ3v) is 13.3. The summed E-state index contributed by atoms with van der Waals surface area (Å²) in [6.07, 6.45) is 0. The van der Waals surface area contributed by atoms with Gasteiger partial charge in [0, 0.05) is 0 Å². The Morgan fingerprint density at radius 3 is 1.07 bits per heavy atom. The van der Waals surface area contributed by atoms with Crippen molar-refractivity contribution in [2.24, 2.45) is 0 Å². The second-order valence-corrected chi connectivity index (χ2v) is 30.3. The predicted molar refractivity (Wildman–Crippen MR) is 274 cm³/mol. The van der Waals surface area contributed by atoms with Crippen LogP contribution in [0.1, 0.15) is 84.7 Å². The summed E-state index contributed by atoms with van der Waals surface area (Å²) in [6, 6.07) is 41.3. The molecule has 0 saturated heterocycles. The molecule has 6 heteroatoms. The first-order valence-corrected chi connectivity index (χ1v) is 28.3. The first-order chi connectivity index (χ1) is 27.2. The molecule has 8 aromatic rings.